The van der Waals surface area contributed by atoms with Crippen LogP contribution in [0.5, 0.6) is 0 Å². The molecule has 2 unspecified atom stereocenters. The SMILES string of the molecule is CC1CC(C)CC(NCc2ccc(I)o2)C1. The first kappa shape index (κ1) is 12.4. The predicted octanol–water partition coefficient (Wildman–Crippen LogP) is 3.80. The van der Waals surface area contributed by atoms with Gasteiger partial charge < -0.3 is 9.73 Å². The van der Waals surface area contributed by atoms with E-state index in [1.165, 1.54) is 19.3 Å². The fourth-order valence-electron chi connectivity index (χ4n) is 2.81. The Kier molecular flexibility index (Phi) is 4.30. The quantitative estimate of drug-likeness (QED) is 0.852. The molecular weight excluding hydrogens is 313 g/mol. The summed E-state index contributed by atoms with van der Waals surface area (Å²) in [5.74, 6) is 2.77. The fraction of sp³-hybridized carbons (Fsp3) is 0.692. The topological polar surface area (TPSA) is 25.2 Å². The third-order valence-corrected chi connectivity index (χ3v) is 3.95. The van der Waals surface area contributed by atoms with Crippen molar-refractivity contribution in [3.63, 3.8) is 0 Å². The van der Waals surface area contributed by atoms with E-state index < -0.39 is 0 Å². The minimum Gasteiger partial charge on any atom is -0.454 e. The molecule has 16 heavy (non-hydrogen) atoms. The number of nitrogens with one attached hydrogen (secondary N) is 1. The second-order valence-corrected chi connectivity index (χ2v) is 6.26. The van der Waals surface area contributed by atoms with Crippen molar-refractivity contribution in [2.75, 3.05) is 0 Å². The van der Waals surface area contributed by atoms with Gasteiger partial charge in [0.2, 0.25) is 0 Å². The van der Waals surface area contributed by atoms with Crippen LogP contribution in [0.2, 0.25) is 0 Å². The highest BCUT2D eigenvalue weighted by atomic mass is 127. The van der Waals surface area contributed by atoms with Crippen molar-refractivity contribution < 1.29 is 4.42 Å². The Balaban J connectivity index is 1.81. The van der Waals surface area contributed by atoms with Crippen LogP contribution in [-0.4, -0.2) is 6.04 Å². The summed E-state index contributed by atoms with van der Waals surface area (Å²) in [4.78, 5) is 0. The van der Waals surface area contributed by atoms with Crippen molar-refractivity contribution in [2.45, 2.75) is 45.7 Å². The highest BCUT2D eigenvalue weighted by Crippen LogP contribution is 2.28. The lowest BCUT2D eigenvalue weighted by molar-refractivity contribution is 0.234. The zero-order valence-electron chi connectivity index (χ0n) is 10.0. The molecule has 0 aromatic carbocycles. The monoisotopic (exact) mass is 333 g/mol. The van der Waals surface area contributed by atoms with Crippen molar-refractivity contribution in [2.24, 2.45) is 11.8 Å². The van der Waals surface area contributed by atoms with Crippen LogP contribution in [0, 0.1) is 15.6 Å². The molecule has 2 nitrogen and oxygen atoms in total. The van der Waals surface area contributed by atoms with Crippen molar-refractivity contribution in [3.8, 4) is 0 Å². The smallest absolute Gasteiger partial charge is 0.164 e. The molecule has 1 fully saturated rings. The molecule has 1 aromatic rings. The molecular formula is C13H20INO. The van der Waals surface area contributed by atoms with Gasteiger partial charge in [-0.2, -0.15) is 0 Å². The summed E-state index contributed by atoms with van der Waals surface area (Å²) < 4.78 is 6.52. The van der Waals surface area contributed by atoms with Crippen molar-refractivity contribution in [1.82, 2.24) is 5.32 Å². The molecule has 1 aliphatic rings. The third-order valence-electron chi connectivity index (χ3n) is 3.37. The van der Waals surface area contributed by atoms with E-state index >= 15 is 0 Å². The van der Waals surface area contributed by atoms with E-state index in [0.717, 1.165) is 27.9 Å². The lowest BCUT2D eigenvalue weighted by Crippen LogP contribution is -2.35. The van der Waals surface area contributed by atoms with Crippen LogP contribution in [0.4, 0.5) is 0 Å². The Labute approximate surface area is 111 Å². The molecule has 0 amide bonds. The zero-order chi connectivity index (χ0) is 11.5. The summed E-state index contributed by atoms with van der Waals surface area (Å²) >= 11 is 2.21. The number of furan rings is 1. The van der Waals surface area contributed by atoms with Crippen LogP contribution in [0.15, 0.2) is 16.5 Å². The molecule has 0 aliphatic heterocycles. The lowest BCUT2D eigenvalue weighted by atomic mass is 9.80. The molecule has 0 saturated heterocycles. The maximum atomic E-state index is 5.55. The number of hydrogen-bond donors (Lipinski definition) is 1. The van der Waals surface area contributed by atoms with Crippen LogP contribution in [0.1, 0.15) is 38.9 Å². The third kappa shape index (κ3) is 3.48. The van der Waals surface area contributed by atoms with Crippen molar-refractivity contribution in [3.05, 3.63) is 21.7 Å². The Morgan fingerprint density at radius 1 is 1.25 bits per heavy atom. The van der Waals surface area contributed by atoms with Crippen LogP contribution >= 0.6 is 22.6 Å². The molecule has 0 spiro atoms. The largest absolute Gasteiger partial charge is 0.454 e. The summed E-state index contributed by atoms with van der Waals surface area (Å²) in [7, 11) is 0. The highest BCUT2D eigenvalue weighted by Gasteiger charge is 2.23. The standard InChI is InChI=1S/C13H20INO/c1-9-5-10(2)7-11(6-9)15-8-12-3-4-13(14)16-12/h3-4,9-11,15H,5-8H2,1-2H3. The summed E-state index contributed by atoms with van der Waals surface area (Å²) in [6.45, 7) is 5.59. The molecule has 90 valence electrons. The van der Waals surface area contributed by atoms with Gasteiger partial charge in [-0.1, -0.05) is 13.8 Å². The van der Waals surface area contributed by atoms with E-state index in [9.17, 15) is 0 Å². The Morgan fingerprint density at radius 2 is 1.94 bits per heavy atom. The van der Waals surface area contributed by atoms with E-state index in [-0.39, 0.29) is 0 Å². The maximum Gasteiger partial charge on any atom is 0.164 e. The van der Waals surface area contributed by atoms with Crippen LogP contribution in [0.25, 0.3) is 0 Å². The zero-order valence-corrected chi connectivity index (χ0v) is 12.2. The average molecular weight is 333 g/mol. The van der Waals surface area contributed by atoms with Crippen molar-refractivity contribution >= 4 is 22.6 Å². The minimum absolute atomic E-state index is 0.668. The lowest BCUT2D eigenvalue weighted by Gasteiger charge is -2.31. The van der Waals surface area contributed by atoms with Gasteiger partial charge in [-0.25, -0.2) is 0 Å². The Hall–Kier alpha value is -0.0300. The summed E-state index contributed by atoms with van der Waals surface area (Å²) in [6, 6.07) is 4.75. The maximum absolute atomic E-state index is 5.55. The Bertz CT molecular complexity index is 326. The molecule has 0 radical (unpaired) electrons. The molecule has 2 rings (SSSR count). The van der Waals surface area contributed by atoms with Gasteiger partial charge >= 0.3 is 0 Å². The number of halogens is 1. The fourth-order valence-corrected chi connectivity index (χ4v) is 3.27. The summed E-state index contributed by atoms with van der Waals surface area (Å²) in [6.07, 6.45) is 4.00. The van der Waals surface area contributed by atoms with E-state index in [1.54, 1.807) is 0 Å². The van der Waals surface area contributed by atoms with Gasteiger partial charge in [0, 0.05) is 6.04 Å². The molecule has 1 aromatic heterocycles. The molecule has 2 atom stereocenters. The summed E-state index contributed by atoms with van der Waals surface area (Å²) in [5.41, 5.74) is 0. The van der Waals surface area contributed by atoms with Crippen molar-refractivity contribution in [1.29, 1.82) is 0 Å². The number of hydrogen-bond acceptors (Lipinski definition) is 2. The van der Waals surface area contributed by atoms with E-state index in [0.29, 0.717) is 6.04 Å². The molecule has 0 bridgehead atoms. The minimum atomic E-state index is 0.668. The second kappa shape index (κ2) is 5.54. The first-order chi connectivity index (χ1) is 7.63. The van der Waals surface area contributed by atoms with Gasteiger partial charge in [-0.05, 0) is 65.8 Å². The summed E-state index contributed by atoms with van der Waals surface area (Å²) in [5, 5.41) is 3.61. The highest BCUT2D eigenvalue weighted by molar-refractivity contribution is 14.1. The Morgan fingerprint density at radius 3 is 2.50 bits per heavy atom. The molecule has 1 heterocycles. The van der Waals surface area contributed by atoms with Crippen LogP contribution < -0.4 is 5.32 Å². The second-order valence-electron chi connectivity index (χ2n) is 5.20. The normalized spacial score (nSPS) is 30.6. The van der Waals surface area contributed by atoms with Gasteiger partial charge in [0.1, 0.15) is 5.76 Å². The van der Waals surface area contributed by atoms with Crippen LogP contribution in [-0.2, 0) is 6.54 Å². The van der Waals surface area contributed by atoms with E-state index in [1.807, 2.05) is 6.07 Å². The molecule has 3 heteroatoms. The van der Waals surface area contributed by atoms with Gasteiger partial charge in [-0.15, -0.1) is 0 Å². The molecule has 1 aliphatic carbocycles. The van der Waals surface area contributed by atoms with Gasteiger partial charge in [0.05, 0.1) is 6.54 Å². The van der Waals surface area contributed by atoms with Gasteiger partial charge in [0.25, 0.3) is 0 Å². The van der Waals surface area contributed by atoms with E-state index in [2.05, 4.69) is 47.8 Å². The van der Waals surface area contributed by atoms with Gasteiger partial charge in [0.15, 0.2) is 3.77 Å². The first-order valence-electron chi connectivity index (χ1n) is 6.11. The molecule has 1 saturated carbocycles. The predicted molar refractivity (Wildman–Crippen MR) is 74.2 cm³/mol. The van der Waals surface area contributed by atoms with E-state index in [4.69, 9.17) is 4.42 Å². The number of rotatable bonds is 3. The molecule has 1 N–H and O–H groups in total. The van der Waals surface area contributed by atoms with Crippen LogP contribution in [0.3, 0.4) is 0 Å². The average Bonchev–Trinajstić information content (AvgIpc) is 2.60. The van der Waals surface area contributed by atoms with Gasteiger partial charge in [-0.3, -0.25) is 0 Å². The first-order valence-corrected chi connectivity index (χ1v) is 7.19.